The Morgan fingerprint density at radius 2 is 2.30 bits per heavy atom. The second kappa shape index (κ2) is 2.94. The van der Waals surface area contributed by atoms with Crippen LogP contribution in [0.2, 0.25) is 0 Å². The Kier molecular flexibility index (Phi) is 2.18. The smallest absolute Gasteiger partial charge is 0.194 e. The number of aromatic nitrogens is 3. The van der Waals surface area contributed by atoms with Crippen molar-refractivity contribution in [1.82, 2.24) is 14.8 Å². The van der Waals surface area contributed by atoms with Crippen molar-refractivity contribution < 1.29 is 0 Å². The van der Waals surface area contributed by atoms with E-state index < -0.39 is 0 Å². The Labute approximate surface area is 68.4 Å². The van der Waals surface area contributed by atoms with E-state index >= 15 is 0 Å². The molecule has 0 radical (unpaired) electrons. The summed E-state index contributed by atoms with van der Waals surface area (Å²) in [6.45, 7) is 4.23. The standard InChI is InChI=1S/C5H7N3S2/c1-2-3-8-5(10)6-4(9)7-8/h2H,1,3H2,(H2,6,7,9,10). The largest absolute Gasteiger partial charge is 0.307 e. The summed E-state index contributed by atoms with van der Waals surface area (Å²) in [5.74, 6) is 0. The van der Waals surface area contributed by atoms with E-state index in [0.29, 0.717) is 16.1 Å². The molecule has 1 aromatic heterocycles. The van der Waals surface area contributed by atoms with Gasteiger partial charge in [0.25, 0.3) is 0 Å². The Morgan fingerprint density at radius 3 is 2.70 bits per heavy atom. The van der Waals surface area contributed by atoms with Crippen LogP contribution in [0.4, 0.5) is 0 Å². The van der Waals surface area contributed by atoms with Gasteiger partial charge in [-0.05, 0) is 24.4 Å². The van der Waals surface area contributed by atoms with Crippen LogP contribution in [0.5, 0.6) is 0 Å². The quantitative estimate of drug-likeness (QED) is 0.528. The van der Waals surface area contributed by atoms with Gasteiger partial charge in [0.2, 0.25) is 0 Å². The maximum atomic E-state index is 4.90. The average Bonchev–Trinajstić information content (AvgIpc) is 2.13. The Morgan fingerprint density at radius 1 is 1.60 bits per heavy atom. The van der Waals surface area contributed by atoms with Crippen molar-refractivity contribution in [1.29, 1.82) is 0 Å². The first-order valence-electron chi connectivity index (χ1n) is 2.74. The molecule has 1 heterocycles. The highest BCUT2D eigenvalue weighted by atomic mass is 32.1. The molecule has 0 amide bonds. The van der Waals surface area contributed by atoms with Gasteiger partial charge in [-0.25, -0.2) is 0 Å². The van der Waals surface area contributed by atoms with Crippen molar-refractivity contribution in [2.45, 2.75) is 6.54 Å². The van der Waals surface area contributed by atoms with Gasteiger partial charge in [-0.15, -0.1) is 6.58 Å². The van der Waals surface area contributed by atoms with Crippen molar-refractivity contribution in [2.75, 3.05) is 0 Å². The minimum atomic E-state index is 0.548. The lowest BCUT2D eigenvalue weighted by atomic mass is 10.6. The van der Waals surface area contributed by atoms with E-state index in [2.05, 4.69) is 16.7 Å². The van der Waals surface area contributed by atoms with Gasteiger partial charge >= 0.3 is 0 Å². The van der Waals surface area contributed by atoms with Crippen molar-refractivity contribution in [3.63, 3.8) is 0 Å². The molecule has 0 spiro atoms. The molecule has 10 heavy (non-hydrogen) atoms. The molecule has 3 nitrogen and oxygen atoms in total. The topological polar surface area (TPSA) is 36.5 Å². The molecule has 1 aromatic rings. The van der Waals surface area contributed by atoms with E-state index in [9.17, 15) is 0 Å². The van der Waals surface area contributed by atoms with Gasteiger partial charge in [0.15, 0.2) is 9.54 Å². The summed E-state index contributed by atoms with van der Waals surface area (Å²) < 4.78 is 2.86. The molecule has 0 saturated heterocycles. The lowest BCUT2D eigenvalue weighted by Gasteiger charge is -1.91. The van der Waals surface area contributed by atoms with Gasteiger partial charge in [0.1, 0.15) is 0 Å². The second-order valence-corrected chi connectivity index (χ2v) is 2.57. The first-order valence-corrected chi connectivity index (χ1v) is 3.55. The number of hydrogen-bond donors (Lipinski definition) is 2. The average molecular weight is 173 g/mol. The van der Waals surface area contributed by atoms with Crippen molar-refractivity contribution in [3.8, 4) is 0 Å². The fourth-order valence-corrected chi connectivity index (χ4v) is 1.12. The zero-order valence-corrected chi connectivity index (χ0v) is 6.89. The molecule has 1 rings (SSSR count). The molecule has 54 valence electrons. The van der Waals surface area contributed by atoms with E-state index in [1.807, 2.05) is 0 Å². The van der Waals surface area contributed by atoms with Gasteiger partial charge < -0.3 is 4.98 Å². The predicted molar refractivity (Wildman–Crippen MR) is 45.0 cm³/mol. The maximum Gasteiger partial charge on any atom is 0.194 e. The molecule has 0 fully saturated rings. The zero-order chi connectivity index (χ0) is 7.56. The number of nitrogens with zero attached hydrogens (tertiary/aromatic N) is 1. The highest BCUT2D eigenvalue weighted by molar-refractivity contribution is 7.72. The van der Waals surface area contributed by atoms with Crippen LogP contribution in [-0.2, 0) is 6.54 Å². The van der Waals surface area contributed by atoms with Crippen LogP contribution < -0.4 is 0 Å². The van der Waals surface area contributed by atoms with Gasteiger partial charge in [-0.2, -0.15) is 0 Å². The van der Waals surface area contributed by atoms with Crippen LogP contribution in [0.25, 0.3) is 0 Å². The number of rotatable bonds is 2. The van der Waals surface area contributed by atoms with Crippen LogP contribution in [0.15, 0.2) is 12.7 Å². The van der Waals surface area contributed by atoms with Crippen LogP contribution in [-0.4, -0.2) is 14.8 Å². The molecule has 0 aliphatic rings. The minimum Gasteiger partial charge on any atom is -0.307 e. The highest BCUT2D eigenvalue weighted by Crippen LogP contribution is 1.87. The summed E-state index contributed by atoms with van der Waals surface area (Å²) >= 11 is 9.70. The maximum absolute atomic E-state index is 4.90. The SMILES string of the molecule is C=CCn1[nH]c(=S)[nH]c1=S. The lowest BCUT2D eigenvalue weighted by molar-refractivity contribution is 0.688. The van der Waals surface area contributed by atoms with E-state index in [0.717, 1.165) is 0 Å². The van der Waals surface area contributed by atoms with Crippen LogP contribution in [0, 0.1) is 9.54 Å². The molecule has 0 atom stereocenters. The predicted octanol–water partition coefficient (Wildman–Crippen LogP) is 1.79. The minimum absolute atomic E-state index is 0.548. The van der Waals surface area contributed by atoms with Crippen LogP contribution in [0.3, 0.4) is 0 Å². The van der Waals surface area contributed by atoms with E-state index in [1.165, 1.54) is 0 Å². The molecular formula is C5H7N3S2. The van der Waals surface area contributed by atoms with Gasteiger partial charge in [0, 0.05) is 0 Å². The van der Waals surface area contributed by atoms with Crippen molar-refractivity contribution in [3.05, 3.63) is 22.2 Å². The third-order valence-corrected chi connectivity index (χ3v) is 1.53. The fraction of sp³-hybridized carbons (Fsp3) is 0.200. The van der Waals surface area contributed by atoms with Crippen LogP contribution >= 0.6 is 24.4 Å². The van der Waals surface area contributed by atoms with Crippen molar-refractivity contribution in [2.24, 2.45) is 0 Å². The molecular weight excluding hydrogens is 166 g/mol. The number of aromatic amines is 2. The first kappa shape index (κ1) is 7.43. The third kappa shape index (κ3) is 1.43. The first-order chi connectivity index (χ1) is 4.74. The van der Waals surface area contributed by atoms with E-state index in [4.69, 9.17) is 24.4 Å². The molecule has 5 heteroatoms. The molecule has 0 aliphatic heterocycles. The third-order valence-electron chi connectivity index (χ3n) is 1.01. The van der Waals surface area contributed by atoms with Gasteiger partial charge in [-0.3, -0.25) is 9.78 Å². The van der Waals surface area contributed by atoms with Gasteiger partial charge in [0.05, 0.1) is 6.54 Å². The monoisotopic (exact) mass is 173 g/mol. The summed E-state index contributed by atoms with van der Waals surface area (Å²) in [5.41, 5.74) is 0. The molecule has 0 aliphatic carbocycles. The fourth-order valence-electron chi connectivity index (χ4n) is 0.624. The van der Waals surface area contributed by atoms with Crippen LogP contribution in [0.1, 0.15) is 0 Å². The summed E-state index contributed by atoms with van der Waals surface area (Å²) in [5, 5.41) is 2.85. The summed E-state index contributed by atoms with van der Waals surface area (Å²) in [6, 6.07) is 0. The summed E-state index contributed by atoms with van der Waals surface area (Å²) in [7, 11) is 0. The summed E-state index contributed by atoms with van der Waals surface area (Å²) in [6.07, 6.45) is 1.74. The molecule has 0 saturated carbocycles. The molecule has 0 aromatic carbocycles. The molecule has 0 bridgehead atoms. The lowest BCUT2D eigenvalue weighted by Crippen LogP contribution is -1.96. The Bertz CT molecular complexity index is 329. The zero-order valence-electron chi connectivity index (χ0n) is 5.26. The van der Waals surface area contributed by atoms with Gasteiger partial charge in [-0.1, -0.05) is 6.08 Å². The number of allylic oxidation sites excluding steroid dienone is 1. The number of H-pyrrole nitrogens is 2. The molecule has 0 unspecified atom stereocenters. The Hall–Kier alpha value is -0.680. The Balaban J connectivity index is 3.15. The number of nitrogens with one attached hydrogen (secondary N) is 2. The normalized spacial score (nSPS) is 9.60. The van der Waals surface area contributed by atoms with E-state index in [1.54, 1.807) is 10.8 Å². The van der Waals surface area contributed by atoms with E-state index in [-0.39, 0.29) is 0 Å². The number of hydrogen-bond acceptors (Lipinski definition) is 2. The summed E-state index contributed by atoms with van der Waals surface area (Å²) in [4.78, 5) is 2.78. The highest BCUT2D eigenvalue weighted by Gasteiger charge is 1.88. The second-order valence-electron chi connectivity index (χ2n) is 1.77. The molecule has 2 N–H and O–H groups in total. The van der Waals surface area contributed by atoms with Crippen molar-refractivity contribution >= 4 is 24.4 Å².